The second-order valence-electron chi connectivity index (χ2n) is 2.57. The highest BCUT2D eigenvalue weighted by atomic mass is 15.2. The SMILES string of the molecule is c1cnc(NC2CNC2)nc1. The van der Waals surface area contributed by atoms with E-state index in [0.717, 1.165) is 19.0 Å². The van der Waals surface area contributed by atoms with Gasteiger partial charge in [-0.05, 0) is 6.07 Å². The fourth-order valence-corrected chi connectivity index (χ4v) is 0.947. The molecule has 0 amide bonds. The van der Waals surface area contributed by atoms with E-state index in [2.05, 4.69) is 20.6 Å². The van der Waals surface area contributed by atoms with Crippen LogP contribution < -0.4 is 10.6 Å². The summed E-state index contributed by atoms with van der Waals surface area (Å²) in [5.41, 5.74) is 0. The lowest BCUT2D eigenvalue weighted by molar-refractivity contribution is 0.469. The second kappa shape index (κ2) is 2.84. The van der Waals surface area contributed by atoms with Crippen LogP contribution in [0.1, 0.15) is 0 Å². The predicted molar refractivity (Wildman–Crippen MR) is 42.3 cm³/mol. The third-order valence-corrected chi connectivity index (χ3v) is 1.68. The third kappa shape index (κ3) is 1.46. The Balaban J connectivity index is 1.95. The number of hydrogen-bond donors (Lipinski definition) is 2. The Morgan fingerprint density at radius 2 is 2.09 bits per heavy atom. The molecule has 11 heavy (non-hydrogen) atoms. The Kier molecular flexibility index (Phi) is 1.69. The normalized spacial score (nSPS) is 17.5. The van der Waals surface area contributed by atoms with Crippen LogP contribution in [0.2, 0.25) is 0 Å². The van der Waals surface area contributed by atoms with Crippen molar-refractivity contribution in [2.45, 2.75) is 6.04 Å². The molecule has 2 N–H and O–H groups in total. The van der Waals surface area contributed by atoms with Gasteiger partial charge in [-0.15, -0.1) is 0 Å². The summed E-state index contributed by atoms with van der Waals surface area (Å²) < 4.78 is 0. The van der Waals surface area contributed by atoms with Gasteiger partial charge in [0.25, 0.3) is 0 Å². The van der Waals surface area contributed by atoms with Gasteiger partial charge in [0.2, 0.25) is 5.95 Å². The van der Waals surface area contributed by atoms with E-state index in [1.54, 1.807) is 12.4 Å². The van der Waals surface area contributed by atoms with Crippen molar-refractivity contribution in [3.05, 3.63) is 18.5 Å². The number of nitrogens with one attached hydrogen (secondary N) is 2. The van der Waals surface area contributed by atoms with Crippen LogP contribution >= 0.6 is 0 Å². The van der Waals surface area contributed by atoms with E-state index in [9.17, 15) is 0 Å². The van der Waals surface area contributed by atoms with Crippen molar-refractivity contribution in [1.82, 2.24) is 15.3 Å². The van der Waals surface area contributed by atoms with Gasteiger partial charge in [-0.2, -0.15) is 0 Å². The topological polar surface area (TPSA) is 49.8 Å². The van der Waals surface area contributed by atoms with Gasteiger partial charge in [0, 0.05) is 25.5 Å². The molecule has 0 aromatic carbocycles. The molecule has 1 fully saturated rings. The van der Waals surface area contributed by atoms with Crippen molar-refractivity contribution in [1.29, 1.82) is 0 Å². The first kappa shape index (κ1) is 6.54. The van der Waals surface area contributed by atoms with E-state index in [4.69, 9.17) is 0 Å². The molecule has 1 aliphatic heterocycles. The summed E-state index contributed by atoms with van der Waals surface area (Å²) >= 11 is 0. The van der Waals surface area contributed by atoms with Crippen LogP contribution in [0, 0.1) is 0 Å². The van der Waals surface area contributed by atoms with Crippen molar-refractivity contribution in [3.8, 4) is 0 Å². The van der Waals surface area contributed by atoms with Gasteiger partial charge in [0.15, 0.2) is 0 Å². The molecule has 0 unspecified atom stereocenters. The molecule has 2 heterocycles. The van der Waals surface area contributed by atoms with Crippen LogP contribution in [0.25, 0.3) is 0 Å². The minimum absolute atomic E-state index is 0.511. The Morgan fingerprint density at radius 3 is 2.64 bits per heavy atom. The van der Waals surface area contributed by atoms with Crippen LogP contribution in [-0.2, 0) is 0 Å². The lowest BCUT2D eigenvalue weighted by atomic mass is 10.2. The first-order chi connectivity index (χ1) is 5.45. The van der Waals surface area contributed by atoms with Crippen LogP contribution in [0.5, 0.6) is 0 Å². The Hall–Kier alpha value is -1.16. The maximum Gasteiger partial charge on any atom is 0.222 e. The highest BCUT2D eigenvalue weighted by Crippen LogP contribution is 2.00. The summed E-state index contributed by atoms with van der Waals surface area (Å²) in [7, 11) is 0. The molecule has 0 spiro atoms. The number of hydrogen-bond acceptors (Lipinski definition) is 4. The fraction of sp³-hybridized carbons (Fsp3) is 0.429. The number of anilines is 1. The summed E-state index contributed by atoms with van der Waals surface area (Å²) in [5, 5.41) is 6.36. The number of rotatable bonds is 2. The summed E-state index contributed by atoms with van der Waals surface area (Å²) in [4.78, 5) is 8.10. The zero-order valence-electron chi connectivity index (χ0n) is 6.12. The van der Waals surface area contributed by atoms with E-state index >= 15 is 0 Å². The minimum atomic E-state index is 0.511. The molecule has 0 radical (unpaired) electrons. The molecule has 1 aliphatic rings. The van der Waals surface area contributed by atoms with Gasteiger partial charge < -0.3 is 10.6 Å². The highest BCUT2D eigenvalue weighted by molar-refractivity contribution is 5.25. The van der Waals surface area contributed by atoms with E-state index in [1.807, 2.05) is 6.07 Å². The van der Waals surface area contributed by atoms with E-state index in [1.165, 1.54) is 0 Å². The summed E-state index contributed by atoms with van der Waals surface area (Å²) in [5.74, 6) is 0.721. The number of aromatic nitrogens is 2. The zero-order chi connectivity index (χ0) is 7.52. The Labute approximate surface area is 65.1 Å². The van der Waals surface area contributed by atoms with Gasteiger partial charge in [-0.3, -0.25) is 0 Å². The Bertz CT molecular complexity index is 219. The van der Waals surface area contributed by atoms with Crippen LogP contribution in [-0.4, -0.2) is 29.1 Å². The quantitative estimate of drug-likeness (QED) is 0.616. The van der Waals surface area contributed by atoms with Gasteiger partial charge >= 0.3 is 0 Å². The molecule has 0 aliphatic carbocycles. The van der Waals surface area contributed by atoms with Gasteiger partial charge in [0.05, 0.1) is 6.04 Å². The second-order valence-corrected chi connectivity index (χ2v) is 2.57. The smallest absolute Gasteiger partial charge is 0.222 e. The van der Waals surface area contributed by atoms with Gasteiger partial charge in [0.1, 0.15) is 0 Å². The van der Waals surface area contributed by atoms with E-state index in [0.29, 0.717) is 6.04 Å². The molecule has 1 aromatic heterocycles. The van der Waals surface area contributed by atoms with E-state index in [-0.39, 0.29) is 0 Å². The molecule has 0 saturated carbocycles. The molecule has 1 aromatic rings. The molecule has 2 rings (SSSR count). The largest absolute Gasteiger partial charge is 0.349 e. The summed E-state index contributed by atoms with van der Waals surface area (Å²) in [6.45, 7) is 2.02. The zero-order valence-corrected chi connectivity index (χ0v) is 6.12. The first-order valence-electron chi connectivity index (χ1n) is 3.69. The average Bonchev–Trinajstić information content (AvgIpc) is 1.99. The molecule has 4 nitrogen and oxygen atoms in total. The van der Waals surface area contributed by atoms with E-state index < -0.39 is 0 Å². The summed E-state index contributed by atoms with van der Waals surface area (Å²) in [6, 6.07) is 2.32. The molecular formula is C7H10N4. The van der Waals surface area contributed by atoms with Crippen LogP contribution in [0.15, 0.2) is 18.5 Å². The lowest BCUT2D eigenvalue weighted by Gasteiger charge is -2.27. The van der Waals surface area contributed by atoms with Crippen molar-refractivity contribution >= 4 is 5.95 Å². The number of nitrogens with zero attached hydrogens (tertiary/aromatic N) is 2. The Morgan fingerprint density at radius 1 is 1.36 bits per heavy atom. The maximum absolute atomic E-state index is 4.05. The maximum atomic E-state index is 4.05. The highest BCUT2D eigenvalue weighted by Gasteiger charge is 2.16. The minimum Gasteiger partial charge on any atom is -0.349 e. The fourth-order valence-electron chi connectivity index (χ4n) is 0.947. The standard InChI is InChI=1S/C7H10N4/c1-2-9-7(10-3-1)11-6-4-8-5-6/h1-3,6,8H,4-5H2,(H,9,10,11). The lowest BCUT2D eigenvalue weighted by Crippen LogP contribution is -2.51. The third-order valence-electron chi connectivity index (χ3n) is 1.68. The van der Waals surface area contributed by atoms with Crippen molar-refractivity contribution in [2.75, 3.05) is 18.4 Å². The molecule has 1 saturated heterocycles. The summed E-state index contributed by atoms with van der Waals surface area (Å²) in [6.07, 6.45) is 3.48. The molecule has 4 heteroatoms. The predicted octanol–water partition coefficient (Wildman–Crippen LogP) is -0.140. The monoisotopic (exact) mass is 150 g/mol. The van der Waals surface area contributed by atoms with Gasteiger partial charge in [-0.25, -0.2) is 9.97 Å². The van der Waals surface area contributed by atoms with Crippen LogP contribution in [0.3, 0.4) is 0 Å². The van der Waals surface area contributed by atoms with Gasteiger partial charge in [-0.1, -0.05) is 0 Å². The van der Waals surface area contributed by atoms with Crippen molar-refractivity contribution < 1.29 is 0 Å². The first-order valence-corrected chi connectivity index (χ1v) is 3.69. The molecule has 0 bridgehead atoms. The average molecular weight is 150 g/mol. The van der Waals surface area contributed by atoms with Crippen molar-refractivity contribution in [3.63, 3.8) is 0 Å². The van der Waals surface area contributed by atoms with Crippen molar-refractivity contribution in [2.24, 2.45) is 0 Å². The molecular weight excluding hydrogens is 140 g/mol. The molecule has 58 valence electrons. The molecule has 0 atom stereocenters. The van der Waals surface area contributed by atoms with Crippen LogP contribution in [0.4, 0.5) is 5.95 Å².